The number of amides is 1. The van der Waals surface area contributed by atoms with Crippen LogP contribution in [0.1, 0.15) is 18.3 Å². The van der Waals surface area contributed by atoms with Crippen LogP contribution < -0.4 is 10.1 Å². The van der Waals surface area contributed by atoms with Crippen molar-refractivity contribution in [3.63, 3.8) is 0 Å². The SMILES string of the molecule is C=CCn1c(CSCc2ccccc2)nnc1SCC(=O)Nc1ccc(OCC)cc1. The van der Waals surface area contributed by atoms with Crippen LogP contribution in [0.3, 0.4) is 0 Å². The first kappa shape index (κ1) is 23.0. The van der Waals surface area contributed by atoms with Gasteiger partial charge in [-0.3, -0.25) is 4.79 Å². The average Bonchev–Trinajstić information content (AvgIpc) is 3.16. The lowest BCUT2D eigenvalue weighted by Crippen LogP contribution is -2.14. The summed E-state index contributed by atoms with van der Waals surface area (Å²) in [5.74, 6) is 3.48. The summed E-state index contributed by atoms with van der Waals surface area (Å²) in [5.41, 5.74) is 2.02. The maximum Gasteiger partial charge on any atom is 0.234 e. The topological polar surface area (TPSA) is 69.0 Å². The lowest BCUT2D eigenvalue weighted by Gasteiger charge is -2.09. The van der Waals surface area contributed by atoms with Gasteiger partial charge in [-0.1, -0.05) is 48.2 Å². The zero-order valence-corrected chi connectivity index (χ0v) is 19.1. The first-order chi connectivity index (χ1) is 15.2. The molecule has 1 heterocycles. The summed E-state index contributed by atoms with van der Waals surface area (Å²) >= 11 is 3.16. The molecule has 0 aliphatic rings. The van der Waals surface area contributed by atoms with Gasteiger partial charge in [0.15, 0.2) is 5.16 Å². The Hall–Kier alpha value is -2.71. The molecular formula is C23H26N4O2S2. The summed E-state index contributed by atoms with van der Waals surface area (Å²) in [6.07, 6.45) is 1.82. The number of anilines is 1. The molecule has 6 nitrogen and oxygen atoms in total. The number of nitrogens with one attached hydrogen (secondary N) is 1. The maximum absolute atomic E-state index is 12.4. The summed E-state index contributed by atoms with van der Waals surface area (Å²) in [7, 11) is 0. The fourth-order valence-electron chi connectivity index (χ4n) is 2.81. The second-order valence-electron chi connectivity index (χ2n) is 6.57. The third-order valence-corrected chi connectivity index (χ3v) is 6.20. The van der Waals surface area contributed by atoms with Crippen LogP contribution in [0.5, 0.6) is 5.75 Å². The van der Waals surface area contributed by atoms with Crippen molar-refractivity contribution in [1.82, 2.24) is 14.8 Å². The van der Waals surface area contributed by atoms with Crippen molar-refractivity contribution in [3.8, 4) is 5.75 Å². The van der Waals surface area contributed by atoms with Crippen molar-refractivity contribution in [3.05, 3.63) is 78.6 Å². The van der Waals surface area contributed by atoms with E-state index < -0.39 is 0 Å². The molecule has 3 rings (SSSR count). The largest absolute Gasteiger partial charge is 0.494 e. The Morgan fingerprint density at radius 1 is 1.13 bits per heavy atom. The van der Waals surface area contributed by atoms with Gasteiger partial charge < -0.3 is 14.6 Å². The van der Waals surface area contributed by atoms with Crippen LogP contribution in [-0.4, -0.2) is 33.0 Å². The summed E-state index contributed by atoms with van der Waals surface area (Å²) in [4.78, 5) is 12.4. The quantitative estimate of drug-likeness (QED) is 0.306. The molecule has 0 atom stereocenters. The molecule has 162 valence electrons. The molecule has 1 aromatic heterocycles. The highest BCUT2D eigenvalue weighted by molar-refractivity contribution is 7.99. The molecule has 2 aromatic carbocycles. The van der Waals surface area contributed by atoms with E-state index >= 15 is 0 Å². The zero-order valence-electron chi connectivity index (χ0n) is 17.5. The van der Waals surface area contributed by atoms with Gasteiger partial charge in [-0.15, -0.1) is 28.5 Å². The molecule has 0 spiro atoms. The third kappa shape index (κ3) is 7.18. The lowest BCUT2D eigenvalue weighted by molar-refractivity contribution is -0.113. The molecule has 1 N–H and O–H groups in total. The van der Waals surface area contributed by atoms with Crippen molar-refractivity contribution >= 4 is 35.1 Å². The summed E-state index contributed by atoms with van der Waals surface area (Å²) in [6, 6.07) is 17.7. The summed E-state index contributed by atoms with van der Waals surface area (Å²) in [5, 5.41) is 12.2. The third-order valence-electron chi connectivity index (χ3n) is 4.23. The van der Waals surface area contributed by atoms with E-state index in [1.807, 2.05) is 60.0 Å². The second kappa shape index (κ2) is 12.2. The molecule has 3 aromatic rings. The van der Waals surface area contributed by atoms with Crippen molar-refractivity contribution in [2.75, 3.05) is 17.7 Å². The first-order valence-electron chi connectivity index (χ1n) is 9.99. The van der Waals surface area contributed by atoms with E-state index in [1.165, 1.54) is 17.3 Å². The Balaban J connectivity index is 1.53. The Kier molecular flexibility index (Phi) is 9.05. The fourth-order valence-corrected chi connectivity index (χ4v) is 4.50. The van der Waals surface area contributed by atoms with Crippen LogP contribution in [0.15, 0.2) is 72.4 Å². The molecule has 0 fully saturated rings. The molecule has 0 radical (unpaired) electrons. The minimum absolute atomic E-state index is 0.0951. The van der Waals surface area contributed by atoms with Gasteiger partial charge >= 0.3 is 0 Å². The van der Waals surface area contributed by atoms with E-state index in [1.54, 1.807) is 11.8 Å². The van der Waals surface area contributed by atoms with Gasteiger partial charge in [0.2, 0.25) is 5.91 Å². The van der Waals surface area contributed by atoms with Gasteiger partial charge in [0.05, 0.1) is 18.1 Å². The highest BCUT2D eigenvalue weighted by Gasteiger charge is 2.14. The van der Waals surface area contributed by atoms with Gasteiger partial charge in [0.25, 0.3) is 0 Å². The molecule has 0 saturated heterocycles. The first-order valence-corrected chi connectivity index (χ1v) is 12.1. The van der Waals surface area contributed by atoms with E-state index in [0.29, 0.717) is 13.2 Å². The summed E-state index contributed by atoms with van der Waals surface area (Å²) < 4.78 is 7.43. The van der Waals surface area contributed by atoms with Gasteiger partial charge in [0, 0.05) is 18.0 Å². The highest BCUT2D eigenvalue weighted by Crippen LogP contribution is 2.22. The predicted octanol–water partition coefficient (Wildman–Crippen LogP) is 5.03. The van der Waals surface area contributed by atoms with E-state index in [4.69, 9.17) is 4.74 Å². The number of ether oxygens (including phenoxy) is 1. The van der Waals surface area contributed by atoms with E-state index in [-0.39, 0.29) is 11.7 Å². The number of hydrogen-bond donors (Lipinski definition) is 1. The lowest BCUT2D eigenvalue weighted by atomic mass is 10.2. The number of hydrogen-bond acceptors (Lipinski definition) is 6. The van der Waals surface area contributed by atoms with Gasteiger partial charge in [0.1, 0.15) is 11.6 Å². The minimum Gasteiger partial charge on any atom is -0.494 e. The van der Waals surface area contributed by atoms with Crippen molar-refractivity contribution in [2.24, 2.45) is 0 Å². The van der Waals surface area contributed by atoms with Gasteiger partial charge in [-0.05, 0) is 36.8 Å². The van der Waals surface area contributed by atoms with Crippen LogP contribution in [-0.2, 0) is 22.8 Å². The van der Waals surface area contributed by atoms with E-state index in [0.717, 1.165) is 33.9 Å². The molecule has 0 aliphatic carbocycles. The Bertz CT molecular complexity index is 975. The fraction of sp³-hybridized carbons (Fsp3) is 0.261. The number of benzene rings is 2. The smallest absolute Gasteiger partial charge is 0.234 e. The van der Waals surface area contributed by atoms with Crippen LogP contribution >= 0.6 is 23.5 Å². The number of aromatic nitrogens is 3. The van der Waals surface area contributed by atoms with Gasteiger partial charge in [-0.2, -0.15) is 0 Å². The normalized spacial score (nSPS) is 10.6. The Morgan fingerprint density at radius 2 is 1.90 bits per heavy atom. The Morgan fingerprint density at radius 3 is 2.61 bits per heavy atom. The number of nitrogens with zero attached hydrogens (tertiary/aromatic N) is 3. The average molecular weight is 455 g/mol. The molecule has 31 heavy (non-hydrogen) atoms. The van der Waals surface area contributed by atoms with Crippen LogP contribution in [0.4, 0.5) is 5.69 Å². The van der Waals surface area contributed by atoms with Crippen molar-refractivity contribution in [1.29, 1.82) is 0 Å². The molecule has 8 heteroatoms. The molecule has 0 saturated carbocycles. The molecule has 0 aliphatic heterocycles. The minimum atomic E-state index is -0.0951. The number of thioether (sulfide) groups is 2. The summed E-state index contributed by atoms with van der Waals surface area (Å²) in [6.45, 7) is 6.99. The monoisotopic (exact) mass is 454 g/mol. The van der Waals surface area contributed by atoms with Crippen molar-refractivity contribution < 1.29 is 9.53 Å². The number of carbonyl (C=O) groups excluding carboxylic acids is 1. The van der Waals surface area contributed by atoms with E-state index in [2.05, 4.69) is 34.2 Å². The molecular weight excluding hydrogens is 428 g/mol. The Labute approximate surface area is 191 Å². The van der Waals surface area contributed by atoms with Crippen LogP contribution in [0, 0.1) is 0 Å². The predicted molar refractivity (Wildman–Crippen MR) is 129 cm³/mol. The van der Waals surface area contributed by atoms with Crippen molar-refractivity contribution in [2.45, 2.75) is 30.1 Å². The second-order valence-corrected chi connectivity index (χ2v) is 8.50. The number of rotatable bonds is 12. The molecule has 0 unspecified atom stereocenters. The molecule has 0 bridgehead atoms. The molecule has 1 amide bonds. The highest BCUT2D eigenvalue weighted by atomic mass is 32.2. The van der Waals surface area contributed by atoms with Gasteiger partial charge in [-0.25, -0.2) is 0 Å². The maximum atomic E-state index is 12.4. The van der Waals surface area contributed by atoms with Crippen LogP contribution in [0.25, 0.3) is 0 Å². The number of carbonyl (C=O) groups is 1. The standard InChI is InChI=1S/C23H26N4O2S2/c1-3-14-27-21(16-30-15-18-8-6-5-7-9-18)25-26-23(27)31-17-22(28)24-19-10-12-20(13-11-19)29-4-2/h3,5-13H,1,4,14-17H2,2H3,(H,24,28). The van der Waals surface area contributed by atoms with E-state index in [9.17, 15) is 4.79 Å². The van der Waals surface area contributed by atoms with Crippen LogP contribution in [0.2, 0.25) is 0 Å². The number of allylic oxidation sites excluding steroid dienone is 1. The zero-order chi connectivity index (χ0) is 21.9.